The zero-order valence-electron chi connectivity index (χ0n) is 15.1. The Labute approximate surface area is 157 Å². The first-order chi connectivity index (χ1) is 12.8. The minimum Gasteiger partial charge on any atom is -0.328 e. The summed E-state index contributed by atoms with van der Waals surface area (Å²) in [6, 6.07) is 9.86. The average molecular weight is 389 g/mol. The number of nitrogens with one attached hydrogen (secondary N) is 1. The van der Waals surface area contributed by atoms with E-state index in [9.17, 15) is 17.6 Å². The first kappa shape index (κ1) is 19.0. The van der Waals surface area contributed by atoms with E-state index in [0.29, 0.717) is 23.8 Å². The van der Waals surface area contributed by atoms with Gasteiger partial charge in [0, 0.05) is 17.8 Å². The number of anilines is 2. The number of rotatable bonds is 5. The third-order valence-corrected chi connectivity index (χ3v) is 5.66. The van der Waals surface area contributed by atoms with Crippen LogP contribution in [-0.4, -0.2) is 26.7 Å². The number of amides is 1. The number of hydrogen-bond donors (Lipinski definition) is 1. The highest BCUT2D eigenvalue weighted by atomic mass is 32.2. The molecule has 8 heteroatoms. The van der Waals surface area contributed by atoms with Crippen LogP contribution in [0.5, 0.6) is 0 Å². The van der Waals surface area contributed by atoms with Gasteiger partial charge < -0.3 is 10.2 Å². The lowest BCUT2D eigenvalue weighted by Gasteiger charge is -2.29. The fourth-order valence-corrected chi connectivity index (χ4v) is 4.13. The van der Waals surface area contributed by atoms with E-state index in [1.807, 2.05) is 4.90 Å². The molecule has 1 N–H and O–H groups in total. The summed E-state index contributed by atoms with van der Waals surface area (Å²) in [6.07, 6.45) is 1.85. The van der Waals surface area contributed by atoms with Crippen LogP contribution in [0.3, 0.4) is 0 Å². The maximum Gasteiger partial charge on any atom is 0.286 e. The number of carbonyl (C=O) groups is 1. The summed E-state index contributed by atoms with van der Waals surface area (Å²) in [7, 11) is -3.87. The quantitative estimate of drug-likeness (QED) is 0.843. The van der Waals surface area contributed by atoms with Crippen LogP contribution in [0.1, 0.15) is 37.0 Å². The molecule has 0 spiro atoms. The number of fused-ring (bicyclic) bond motifs is 1. The van der Waals surface area contributed by atoms with E-state index >= 15 is 0 Å². The molecule has 1 aliphatic heterocycles. The van der Waals surface area contributed by atoms with Crippen molar-refractivity contribution in [2.75, 3.05) is 16.8 Å². The summed E-state index contributed by atoms with van der Waals surface area (Å²) in [6.45, 7) is 4.36. The number of halogens is 1. The van der Waals surface area contributed by atoms with Gasteiger partial charge in [-0.2, -0.15) is 8.42 Å². The highest BCUT2D eigenvalue weighted by Gasteiger charge is 2.29. The fraction of sp³-hybridized carbons (Fsp3) is 0.263. The zero-order chi connectivity index (χ0) is 19.6. The first-order valence-electron chi connectivity index (χ1n) is 8.62. The van der Waals surface area contributed by atoms with Crippen molar-refractivity contribution in [3.05, 3.63) is 53.8 Å². The normalized spacial score (nSPS) is 15.1. The summed E-state index contributed by atoms with van der Waals surface area (Å²) in [5.41, 5.74) is 1.13. The van der Waals surface area contributed by atoms with E-state index in [1.54, 1.807) is 19.1 Å². The summed E-state index contributed by atoms with van der Waals surface area (Å²) < 4.78 is 41.8. The number of carbonyl (C=O) groups excluding carboxylic acids is 1. The van der Waals surface area contributed by atoms with Gasteiger partial charge in [0.25, 0.3) is 15.9 Å². The largest absolute Gasteiger partial charge is 0.328 e. The van der Waals surface area contributed by atoms with Gasteiger partial charge in [-0.25, -0.2) is 4.39 Å². The third kappa shape index (κ3) is 4.00. The van der Waals surface area contributed by atoms with Crippen molar-refractivity contribution in [1.29, 1.82) is 0 Å². The summed E-state index contributed by atoms with van der Waals surface area (Å²) >= 11 is 0. The van der Waals surface area contributed by atoms with Crippen molar-refractivity contribution in [1.82, 2.24) is 0 Å². The molecule has 0 saturated heterocycles. The second-order valence-electron chi connectivity index (χ2n) is 6.26. The molecular weight excluding hydrogens is 369 g/mol. The van der Waals surface area contributed by atoms with Gasteiger partial charge in [0.1, 0.15) is 16.5 Å². The van der Waals surface area contributed by atoms with Crippen molar-refractivity contribution in [3.8, 4) is 0 Å². The zero-order valence-corrected chi connectivity index (χ0v) is 15.9. The minimum absolute atomic E-state index is 0.0101. The van der Waals surface area contributed by atoms with E-state index in [-0.39, 0.29) is 10.5 Å². The molecule has 0 radical (unpaired) electrons. The van der Waals surface area contributed by atoms with Gasteiger partial charge in [-0.3, -0.25) is 4.79 Å². The van der Waals surface area contributed by atoms with E-state index in [1.165, 1.54) is 30.3 Å². The van der Waals surface area contributed by atoms with Gasteiger partial charge in [0.2, 0.25) is 0 Å². The van der Waals surface area contributed by atoms with Crippen LogP contribution in [-0.2, 0) is 10.0 Å². The SMILES string of the molecule is CCCCN1C(C)=NS(=O)(=O)c2cc(C(=O)Nc3ccc(F)cc3)ccc21. The van der Waals surface area contributed by atoms with Crippen molar-refractivity contribution < 1.29 is 17.6 Å². The van der Waals surface area contributed by atoms with E-state index in [4.69, 9.17) is 0 Å². The first-order valence-corrected chi connectivity index (χ1v) is 10.1. The third-order valence-electron chi connectivity index (χ3n) is 4.27. The predicted molar refractivity (Wildman–Crippen MR) is 103 cm³/mol. The summed E-state index contributed by atoms with van der Waals surface area (Å²) in [5.74, 6) is -0.473. The van der Waals surface area contributed by atoms with Crippen molar-refractivity contribution >= 4 is 33.1 Å². The minimum atomic E-state index is -3.87. The molecule has 0 unspecified atom stereocenters. The van der Waals surface area contributed by atoms with Crippen LogP contribution in [0.15, 0.2) is 51.8 Å². The number of benzene rings is 2. The predicted octanol–water partition coefficient (Wildman–Crippen LogP) is 3.81. The topological polar surface area (TPSA) is 78.8 Å². The Hall–Kier alpha value is -2.74. The number of nitrogens with zero attached hydrogens (tertiary/aromatic N) is 2. The number of amidine groups is 1. The number of unbranched alkanes of at least 4 members (excludes halogenated alkanes) is 1. The Morgan fingerprint density at radius 1 is 1.19 bits per heavy atom. The average Bonchev–Trinajstić information content (AvgIpc) is 2.63. The monoisotopic (exact) mass is 389 g/mol. The number of sulfonamides is 1. The van der Waals surface area contributed by atoms with Gasteiger partial charge in [-0.05, 0) is 55.8 Å². The molecule has 2 aromatic rings. The molecule has 0 saturated carbocycles. The molecule has 1 heterocycles. The maximum atomic E-state index is 13.0. The fourth-order valence-electron chi connectivity index (χ4n) is 2.87. The molecule has 1 amide bonds. The van der Waals surface area contributed by atoms with E-state index in [2.05, 4.69) is 16.6 Å². The van der Waals surface area contributed by atoms with E-state index in [0.717, 1.165) is 12.8 Å². The van der Waals surface area contributed by atoms with Gasteiger partial charge in [-0.15, -0.1) is 4.40 Å². The number of hydrogen-bond acceptors (Lipinski definition) is 4. The van der Waals surface area contributed by atoms with Crippen molar-refractivity contribution in [2.45, 2.75) is 31.6 Å². The van der Waals surface area contributed by atoms with Gasteiger partial charge in [0.15, 0.2) is 0 Å². The highest BCUT2D eigenvalue weighted by Crippen LogP contribution is 2.33. The second kappa shape index (κ2) is 7.48. The maximum absolute atomic E-state index is 13.0. The van der Waals surface area contributed by atoms with Crippen LogP contribution in [0.4, 0.5) is 15.8 Å². The Kier molecular flexibility index (Phi) is 5.27. The van der Waals surface area contributed by atoms with Crippen LogP contribution < -0.4 is 10.2 Å². The molecule has 0 fully saturated rings. The van der Waals surface area contributed by atoms with Crippen molar-refractivity contribution in [2.24, 2.45) is 4.40 Å². The molecule has 0 atom stereocenters. The highest BCUT2D eigenvalue weighted by molar-refractivity contribution is 7.90. The Morgan fingerprint density at radius 2 is 1.89 bits per heavy atom. The lowest BCUT2D eigenvalue weighted by atomic mass is 10.1. The lowest BCUT2D eigenvalue weighted by Crippen LogP contribution is -2.34. The Bertz CT molecular complexity index is 1000. The molecule has 142 valence electrons. The second-order valence-corrected chi connectivity index (χ2v) is 7.83. The molecule has 3 rings (SSSR count). The van der Waals surface area contributed by atoms with Crippen LogP contribution in [0, 0.1) is 5.82 Å². The van der Waals surface area contributed by atoms with Crippen molar-refractivity contribution in [3.63, 3.8) is 0 Å². The molecular formula is C19H20FN3O3S. The summed E-state index contributed by atoms with van der Waals surface area (Å²) in [4.78, 5) is 14.3. The lowest BCUT2D eigenvalue weighted by molar-refractivity contribution is 0.102. The molecule has 0 aromatic heterocycles. The van der Waals surface area contributed by atoms with Crippen LogP contribution in [0.25, 0.3) is 0 Å². The molecule has 0 bridgehead atoms. The van der Waals surface area contributed by atoms with Gasteiger partial charge in [-0.1, -0.05) is 13.3 Å². The standard InChI is InChI=1S/C19H20FN3O3S/c1-3-4-11-23-13(2)22-27(25,26)18-12-14(5-10-17(18)23)19(24)21-16-8-6-15(20)7-9-16/h5-10,12H,3-4,11H2,1-2H3,(H,21,24). The Balaban J connectivity index is 1.93. The molecule has 6 nitrogen and oxygen atoms in total. The van der Waals surface area contributed by atoms with Crippen LogP contribution >= 0.6 is 0 Å². The molecule has 27 heavy (non-hydrogen) atoms. The van der Waals surface area contributed by atoms with E-state index < -0.39 is 21.7 Å². The van der Waals surface area contributed by atoms with Crippen LogP contribution in [0.2, 0.25) is 0 Å². The van der Waals surface area contributed by atoms with Gasteiger partial charge in [0.05, 0.1) is 5.69 Å². The smallest absolute Gasteiger partial charge is 0.286 e. The molecule has 0 aliphatic carbocycles. The molecule has 1 aliphatic rings. The van der Waals surface area contributed by atoms with Gasteiger partial charge >= 0.3 is 0 Å². The Morgan fingerprint density at radius 3 is 2.56 bits per heavy atom. The molecule has 2 aromatic carbocycles. The summed E-state index contributed by atoms with van der Waals surface area (Å²) in [5, 5.41) is 2.62.